The van der Waals surface area contributed by atoms with E-state index in [0.29, 0.717) is 13.1 Å². The maximum atomic E-state index is 13.3. The molecule has 0 saturated carbocycles. The second kappa shape index (κ2) is 4.20. The summed E-state index contributed by atoms with van der Waals surface area (Å²) in [6, 6.07) is 2.34. The van der Waals surface area contributed by atoms with Crippen LogP contribution in [0.25, 0.3) is 0 Å². The molecule has 0 aromatic heterocycles. The van der Waals surface area contributed by atoms with E-state index in [0.717, 1.165) is 18.9 Å². The molecule has 1 aromatic rings. The molecule has 2 rings (SSSR count). The minimum atomic E-state index is -4.51. The molecule has 0 atom stereocenters. The molecule has 0 bridgehead atoms. The van der Waals surface area contributed by atoms with Gasteiger partial charge in [0.15, 0.2) is 0 Å². The lowest BCUT2D eigenvalue weighted by atomic mass is 10.0. The Labute approximate surface area is 97.0 Å². The van der Waals surface area contributed by atoms with Crippen LogP contribution < -0.4 is 4.90 Å². The molecule has 17 heavy (non-hydrogen) atoms. The molecule has 0 radical (unpaired) electrons. The van der Waals surface area contributed by atoms with Crippen molar-refractivity contribution in [2.24, 2.45) is 0 Å². The zero-order valence-electron chi connectivity index (χ0n) is 9.44. The van der Waals surface area contributed by atoms with Crippen LogP contribution >= 0.6 is 0 Å². The molecule has 5 heteroatoms. The van der Waals surface area contributed by atoms with E-state index >= 15 is 0 Å². The Balaban J connectivity index is 2.54. The number of rotatable bonds is 1. The monoisotopic (exact) mass is 247 g/mol. The maximum Gasteiger partial charge on any atom is 0.418 e. The van der Waals surface area contributed by atoms with Crippen molar-refractivity contribution in [2.45, 2.75) is 25.9 Å². The Bertz CT molecular complexity index is 419. The van der Waals surface area contributed by atoms with Gasteiger partial charge in [-0.15, -0.1) is 0 Å². The number of benzene rings is 1. The lowest BCUT2D eigenvalue weighted by Crippen LogP contribution is -2.23. The summed E-state index contributed by atoms with van der Waals surface area (Å²) in [5, 5.41) is 0. The summed E-state index contributed by atoms with van der Waals surface area (Å²) in [6.07, 6.45) is -2.74. The van der Waals surface area contributed by atoms with E-state index in [-0.39, 0.29) is 11.3 Å². The van der Waals surface area contributed by atoms with E-state index < -0.39 is 17.6 Å². The highest BCUT2D eigenvalue weighted by Crippen LogP contribution is 2.40. The molecule has 0 amide bonds. The van der Waals surface area contributed by atoms with Gasteiger partial charge < -0.3 is 4.90 Å². The number of hydrogen-bond donors (Lipinski definition) is 0. The second-order valence-electron chi connectivity index (χ2n) is 4.26. The quantitative estimate of drug-likeness (QED) is 0.683. The Morgan fingerprint density at radius 3 is 2.24 bits per heavy atom. The number of nitrogens with zero attached hydrogens (tertiary/aromatic N) is 1. The van der Waals surface area contributed by atoms with Gasteiger partial charge in [-0.2, -0.15) is 13.2 Å². The minimum Gasteiger partial charge on any atom is -0.371 e. The molecule has 0 unspecified atom stereocenters. The summed E-state index contributed by atoms with van der Waals surface area (Å²) in [4.78, 5) is 1.68. The fourth-order valence-corrected chi connectivity index (χ4v) is 2.25. The Hall–Kier alpha value is -1.26. The number of hydrogen-bond acceptors (Lipinski definition) is 1. The molecule has 0 aliphatic carbocycles. The van der Waals surface area contributed by atoms with Crippen LogP contribution in [0.1, 0.15) is 24.0 Å². The van der Waals surface area contributed by atoms with Crippen molar-refractivity contribution >= 4 is 5.69 Å². The predicted molar refractivity (Wildman–Crippen MR) is 57.6 cm³/mol. The van der Waals surface area contributed by atoms with Gasteiger partial charge in [0, 0.05) is 18.8 Å². The first-order chi connectivity index (χ1) is 7.91. The third kappa shape index (κ3) is 2.23. The zero-order chi connectivity index (χ0) is 12.6. The van der Waals surface area contributed by atoms with E-state index in [1.54, 1.807) is 4.90 Å². The molecule has 1 aromatic carbocycles. The van der Waals surface area contributed by atoms with Crippen molar-refractivity contribution in [3.8, 4) is 0 Å². The zero-order valence-corrected chi connectivity index (χ0v) is 9.44. The van der Waals surface area contributed by atoms with Gasteiger partial charge in [-0.05, 0) is 37.5 Å². The van der Waals surface area contributed by atoms with Crippen molar-refractivity contribution in [3.05, 3.63) is 29.1 Å². The average Bonchev–Trinajstić information content (AvgIpc) is 2.73. The summed E-state index contributed by atoms with van der Waals surface area (Å²) in [5.74, 6) is -0.805. The summed E-state index contributed by atoms with van der Waals surface area (Å²) in [5.41, 5.74) is -1.05. The Morgan fingerprint density at radius 1 is 1.12 bits per heavy atom. The third-order valence-corrected chi connectivity index (χ3v) is 3.11. The van der Waals surface area contributed by atoms with E-state index in [9.17, 15) is 17.6 Å². The van der Waals surface area contributed by atoms with Gasteiger partial charge in [0.05, 0.1) is 5.56 Å². The van der Waals surface area contributed by atoms with Gasteiger partial charge in [-0.1, -0.05) is 0 Å². The van der Waals surface area contributed by atoms with Crippen LogP contribution in [0.4, 0.5) is 23.2 Å². The summed E-state index contributed by atoms with van der Waals surface area (Å²) in [6.45, 7) is 2.39. The lowest BCUT2D eigenvalue weighted by molar-refractivity contribution is -0.137. The van der Waals surface area contributed by atoms with Crippen LogP contribution in [0, 0.1) is 12.7 Å². The molecule has 94 valence electrons. The molecule has 1 heterocycles. The van der Waals surface area contributed by atoms with Gasteiger partial charge in [0.25, 0.3) is 0 Å². The van der Waals surface area contributed by atoms with Gasteiger partial charge >= 0.3 is 6.18 Å². The van der Waals surface area contributed by atoms with Crippen molar-refractivity contribution in [2.75, 3.05) is 18.0 Å². The Kier molecular flexibility index (Phi) is 3.02. The fourth-order valence-electron chi connectivity index (χ4n) is 2.25. The van der Waals surface area contributed by atoms with Crippen LogP contribution in [-0.4, -0.2) is 13.1 Å². The fraction of sp³-hybridized carbons (Fsp3) is 0.500. The lowest BCUT2D eigenvalue weighted by Gasteiger charge is -2.24. The number of anilines is 1. The molecule has 1 aliphatic rings. The topological polar surface area (TPSA) is 3.24 Å². The van der Waals surface area contributed by atoms with Crippen LogP contribution in [0.15, 0.2) is 12.1 Å². The van der Waals surface area contributed by atoms with Crippen molar-refractivity contribution in [1.29, 1.82) is 0 Å². The number of halogens is 4. The molecule has 1 nitrogen and oxygen atoms in total. The van der Waals surface area contributed by atoms with Crippen LogP contribution in [0.2, 0.25) is 0 Å². The van der Waals surface area contributed by atoms with Crippen molar-refractivity contribution in [1.82, 2.24) is 0 Å². The van der Waals surface area contributed by atoms with Gasteiger partial charge in [0.1, 0.15) is 5.82 Å². The standard InChI is InChI=1S/C12H13F4N/c1-8-9(13)4-5-10(11(8)12(14,15)16)17-6-2-3-7-17/h4-5H,2-3,6-7H2,1H3. The minimum absolute atomic E-state index is 0.105. The van der Waals surface area contributed by atoms with Crippen LogP contribution in [0.5, 0.6) is 0 Å². The maximum absolute atomic E-state index is 13.3. The molecular weight excluding hydrogens is 234 g/mol. The SMILES string of the molecule is Cc1c(F)ccc(N2CCCC2)c1C(F)(F)F. The van der Waals surface area contributed by atoms with Crippen LogP contribution in [-0.2, 0) is 6.18 Å². The highest BCUT2D eigenvalue weighted by Gasteiger charge is 2.38. The van der Waals surface area contributed by atoms with Crippen LogP contribution in [0.3, 0.4) is 0 Å². The van der Waals surface area contributed by atoms with Gasteiger partial charge in [0.2, 0.25) is 0 Å². The first kappa shape index (κ1) is 12.2. The van der Waals surface area contributed by atoms with Crippen molar-refractivity contribution < 1.29 is 17.6 Å². The molecule has 1 saturated heterocycles. The van der Waals surface area contributed by atoms with Crippen molar-refractivity contribution in [3.63, 3.8) is 0 Å². The first-order valence-corrected chi connectivity index (χ1v) is 5.52. The molecule has 0 spiro atoms. The molecular formula is C12H13F4N. The average molecular weight is 247 g/mol. The third-order valence-electron chi connectivity index (χ3n) is 3.11. The Morgan fingerprint density at radius 2 is 1.71 bits per heavy atom. The smallest absolute Gasteiger partial charge is 0.371 e. The van der Waals surface area contributed by atoms with Gasteiger partial charge in [-0.25, -0.2) is 4.39 Å². The van der Waals surface area contributed by atoms with E-state index in [1.807, 2.05) is 0 Å². The number of alkyl halides is 3. The van der Waals surface area contributed by atoms with Gasteiger partial charge in [-0.3, -0.25) is 0 Å². The largest absolute Gasteiger partial charge is 0.418 e. The molecule has 1 fully saturated rings. The van der Waals surface area contributed by atoms with E-state index in [1.165, 1.54) is 13.0 Å². The normalized spacial score (nSPS) is 16.6. The molecule has 0 N–H and O–H groups in total. The first-order valence-electron chi connectivity index (χ1n) is 5.52. The predicted octanol–water partition coefficient (Wildman–Crippen LogP) is 3.75. The highest BCUT2D eigenvalue weighted by atomic mass is 19.4. The molecule has 1 aliphatic heterocycles. The highest BCUT2D eigenvalue weighted by molar-refractivity contribution is 5.59. The summed E-state index contributed by atoms with van der Waals surface area (Å²) < 4.78 is 52.1. The van der Waals surface area contributed by atoms with E-state index in [4.69, 9.17) is 0 Å². The summed E-state index contributed by atoms with van der Waals surface area (Å²) >= 11 is 0. The van der Waals surface area contributed by atoms with E-state index in [2.05, 4.69) is 0 Å². The second-order valence-corrected chi connectivity index (χ2v) is 4.26. The summed E-state index contributed by atoms with van der Waals surface area (Å²) in [7, 11) is 0.